The molecule has 1 aromatic rings. The van der Waals surface area contributed by atoms with Gasteiger partial charge in [0.25, 0.3) is 0 Å². The largest absolute Gasteiger partial charge is 0.497 e. The number of hydrogen-bond acceptors (Lipinski definition) is 4. The summed E-state index contributed by atoms with van der Waals surface area (Å²) < 4.78 is 5.17. The second kappa shape index (κ2) is 5.51. The summed E-state index contributed by atoms with van der Waals surface area (Å²) in [7, 11) is 1.69. The third-order valence-electron chi connectivity index (χ3n) is 3.94. The van der Waals surface area contributed by atoms with Gasteiger partial charge in [0.1, 0.15) is 5.75 Å². The van der Waals surface area contributed by atoms with E-state index in [1.54, 1.807) is 7.11 Å². The van der Waals surface area contributed by atoms with Crippen LogP contribution in [0.1, 0.15) is 25.8 Å². The van der Waals surface area contributed by atoms with Crippen molar-refractivity contribution in [3.63, 3.8) is 0 Å². The maximum absolute atomic E-state index is 5.93. The zero-order chi connectivity index (χ0) is 13.9. The lowest BCUT2D eigenvalue weighted by molar-refractivity contribution is 0.216. The van der Waals surface area contributed by atoms with Gasteiger partial charge in [-0.05, 0) is 44.4 Å². The molecule has 0 spiro atoms. The minimum Gasteiger partial charge on any atom is -0.497 e. The average molecular weight is 261 g/mol. The number of aryl methyl sites for hydroxylation is 1. The van der Waals surface area contributed by atoms with Gasteiger partial charge in [-0.25, -0.2) is 0 Å². The summed E-state index contributed by atoms with van der Waals surface area (Å²) in [6.07, 6.45) is 2.08. The first-order valence-corrected chi connectivity index (χ1v) is 6.79. The fourth-order valence-corrected chi connectivity index (χ4v) is 2.66. The van der Waals surface area contributed by atoms with E-state index in [9.17, 15) is 0 Å². The van der Waals surface area contributed by atoms with Crippen molar-refractivity contribution in [2.24, 2.45) is 10.7 Å². The van der Waals surface area contributed by atoms with Crippen LogP contribution in [0.5, 0.6) is 5.75 Å². The van der Waals surface area contributed by atoms with Crippen LogP contribution in [0, 0.1) is 0 Å². The lowest BCUT2D eigenvalue weighted by Crippen LogP contribution is -2.49. The highest BCUT2D eigenvalue weighted by Gasteiger charge is 2.36. The Kier molecular flexibility index (Phi) is 3.98. The molecule has 1 aliphatic heterocycles. The Morgan fingerprint density at radius 1 is 1.37 bits per heavy atom. The van der Waals surface area contributed by atoms with Crippen LogP contribution in [0.3, 0.4) is 0 Å². The first kappa shape index (κ1) is 13.7. The van der Waals surface area contributed by atoms with E-state index in [0.29, 0.717) is 5.96 Å². The summed E-state index contributed by atoms with van der Waals surface area (Å²) in [6, 6.07) is 8.26. The molecule has 4 heteroatoms. The van der Waals surface area contributed by atoms with E-state index >= 15 is 0 Å². The monoisotopic (exact) mass is 261 g/mol. The number of ether oxygens (including phenoxy) is 1. The number of benzene rings is 1. The van der Waals surface area contributed by atoms with E-state index in [-0.39, 0.29) is 5.54 Å². The second-order valence-corrected chi connectivity index (χ2v) is 5.26. The van der Waals surface area contributed by atoms with Gasteiger partial charge in [-0.1, -0.05) is 12.1 Å². The molecule has 0 saturated carbocycles. The molecule has 1 aliphatic rings. The van der Waals surface area contributed by atoms with Gasteiger partial charge in [0, 0.05) is 6.54 Å². The molecular weight excluding hydrogens is 238 g/mol. The van der Waals surface area contributed by atoms with Gasteiger partial charge in [0.15, 0.2) is 5.96 Å². The summed E-state index contributed by atoms with van der Waals surface area (Å²) in [5.74, 6) is 1.58. The van der Waals surface area contributed by atoms with Crippen LogP contribution >= 0.6 is 0 Å². The quantitative estimate of drug-likeness (QED) is 0.882. The molecule has 1 atom stereocenters. The summed E-state index contributed by atoms with van der Waals surface area (Å²) in [4.78, 5) is 6.59. The van der Waals surface area contributed by atoms with Gasteiger partial charge in [0.05, 0.1) is 19.2 Å². The van der Waals surface area contributed by atoms with Crippen molar-refractivity contribution in [3.05, 3.63) is 29.8 Å². The molecule has 0 aliphatic carbocycles. The van der Waals surface area contributed by atoms with E-state index in [1.807, 2.05) is 12.1 Å². The van der Waals surface area contributed by atoms with Crippen LogP contribution in [0.4, 0.5) is 0 Å². The van der Waals surface area contributed by atoms with Crippen molar-refractivity contribution in [3.8, 4) is 5.75 Å². The molecule has 0 aromatic heterocycles. The lowest BCUT2D eigenvalue weighted by atomic mass is 9.92. The molecule has 1 aromatic carbocycles. The second-order valence-electron chi connectivity index (χ2n) is 5.26. The third kappa shape index (κ3) is 2.83. The highest BCUT2D eigenvalue weighted by atomic mass is 16.5. The molecule has 1 heterocycles. The Labute approximate surface area is 115 Å². The van der Waals surface area contributed by atoms with Gasteiger partial charge in [-0.3, -0.25) is 4.99 Å². The standard InChI is InChI=1S/C15H23N3O/c1-4-18-14(16)17-11-15(18,2)10-9-12-5-7-13(19-3)8-6-12/h5-8H,4,9-11H2,1-3H3,(H2,16,17). The SMILES string of the molecule is CCN1C(N)=NCC1(C)CCc1ccc(OC)cc1. The van der Waals surface area contributed by atoms with E-state index in [2.05, 4.69) is 35.9 Å². The predicted octanol–water partition coefficient (Wildman–Crippen LogP) is 2.04. The number of likely N-dealkylation sites (N-methyl/N-ethyl adjacent to an activating group) is 1. The Balaban J connectivity index is 1.98. The maximum atomic E-state index is 5.93. The average Bonchev–Trinajstić information content (AvgIpc) is 2.72. The number of guanidine groups is 1. The van der Waals surface area contributed by atoms with E-state index in [1.165, 1.54) is 5.56 Å². The number of aliphatic imine (C=N–C) groups is 1. The van der Waals surface area contributed by atoms with Gasteiger partial charge >= 0.3 is 0 Å². The minimum absolute atomic E-state index is 0.0543. The Bertz CT molecular complexity index is 455. The van der Waals surface area contributed by atoms with Gasteiger partial charge in [-0.2, -0.15) is 0 Å². The number of hydrogen-bond donors (Lipinski definition) is 1. The minimum atomic E-state index is 0.0543. The smallest absolute Gasteiger partial charge is 0.191 e. The van der Waals surface area contributed by atoms with Crippen LogP contribution in [0.25, 0.3) is 0 Å². The lowest BCUT2D eigenvalue weighted by Gasteiger charge is -2.35. The van der Waals surface area contributed by atoms with Crippen molar-refractivity contribution < 1.29 is 4.74 Å². The van der Waals surface area contributed by atoms with Crippen molar-refractivity contribution in [1.29, 1.82) is 0 Å². The molecule has 0 radical (unpaired) electrons. The van der Waals surface area contributed by atoms with E-state index in [0.717, 1.165) is 31.7 Å². The van der Waals surface area contributed by atoms with E-state index < -0.39 is 0 Å². The topological polar surface area (TPSA) is 50.8 Å². The zero-order valence-corrected chi connectivity index (χ0v) is 12.0. The number of rotatable bonds is 5. The van der Waals surface area contributed by atoms with Crippen molar-refractivity contribution in [1.82, 2.24) is 4.90 Å². The fraction of sp³-hybridized carbons (Fsp3) is 0.533. The van der Waals surface area contributed by atoms with Crippen molar-refractivity contribution >= 4 is 5.96 Å². The predicted molar refractivity (Wildman–Crippen MR) is 78.6 cm³/mol. The molecule has 2 rings (SSSR count). The Morgan fingerprint density at radius 2 is 2.05 bits per heavy atom. The van der Waals surface area contributed by atoms with Crippen LogP contribution in [-0.2, 0) is 6.42 Å². The molecule has 104 valence electrons. The highest BCUT2D eigenvalue weighted by Crippen LogP contribution is 2.26. The third-order valence-corrected chi connectivity index (χ3v) is 3.94. The van der Waals surface area contributed by atoms with E-state index in [4.69, 9.17) is 10.5 Å². The highest BCUT2D eigenvalue weighted by molar-refractivity contribution is 5.80. The first-order chi connectivity index (χ1) is 9.09. The van der Waals surface area contributed by atoms with Crippen LogP contribution in [0.2, 0.25) is 0 Å². The molecular formula is C15H23N3O. The molecule has 1 unspecified atom stereocenters. The number of nitrogens with two attached hydrogens (primary N) is 1. The first-order valence-electron chi connectivity index (χ1n) is 6.79. The van der Waals surface area contributed by atoms with Gasteiger partial charge in [0.2, 0.25) is 0 Å². The van der Waals surface area contributed by atoms with Crippen LogP contribution in [0.15, 0.2) is 29.3 Å². The van der Waals surface area contributed by atoms with Crippen LogP contribution in [-0.4, -0.2) is 36.6 Å². The molecule has 2 N–H and O–H groups in total. The molecule has 19 heavy (non-hydrogen) atoms. The van der Waals surface area contributed by atoms with Crippen molar-refractivity contribution in [2.45, 2.75) is 32.2 Å². The Morgan fingerprint density at radius 3 is 2.63 bits per heavy atom. The summed E-state index contributed by atoms with van der Waals surface area (Å²) in [5, 5.41) is 0. The molecule has 0 fully saturated rings. The van der Waals surface area contributed by atoms with Gasteiger partial charge in [-0.15, -0.1) is 0 Å². The maximum Gasteiger partial charge on any atom is 0.191 e. The fourth-order valence-electron chi connectivity index (χ4n) is 2.66. The molecule has 0 saturated heterocycles. The summed E-state index contributed by atoms with van der Waals surface area (Å²) in [6.45, 7) is 6.07. The molecule has 0 amide bonds. The number of nitrogens with zero attached hydrogens (tertiary/aromatic N) is 2. The summed E-state index contributed by atoms with van der Waals surface area (Å²) in [5.41, 5.74) is 7.31. The molecule has 0 bridgehead atoms. The van der Waals surface area contributed by atoms with Crippen LogP contribution < -0.4 is 10.5 Å². The summed E-state index contributed by atoms with van der Waals surface area (Å²) >= 11 is 0. The van der Waals surface area contributed by atoms with Crippen molar-refractivity contribution in [2.75, 3.05) is 20.2 Å². The number of methoxy groups -OCH3 is 1. The molecule has 4 nitrogen and oxygen atoms in total. The normalized spacial score (nSPS) is 22.5. The van der Waals surface area contributed by atoms with Gasteiger partial charge < -0.3 is 15.4 Å². The Hall–Kier alpha value is -1.71. The zero-order valence-electron chi connectivity index (χ0n) is 12.0.